The summed E-state index contributed by atoms with van der Waals surface area (Å²) in [6.45, 7) is 1.64. The molecule has 1 spiro atoms. The van der Waals surface area contributed by atoms with Gasteiger partial charge in [0.2, 0.25) is 15.9 Å². The van der Waals surface area contributed by atoms with Crippen LogP contribution in [0, 0.1) is 0 Å². The van der Waals surface area contributed by atoms with Gasteiger partial charge in [-0.15, -0.1) is 0 Å². The van der Waals surface area contributed by atoms with Crippen LogP contribution in [0.15, 0.2) is 29.2 Å². The van der Waals surface area contributed by atoms with E-state index in [9.17, 15) is 22.8 Å². The van der Waals surface area contributed by atoms with E-state index in [1.807, 2.05) is 0 Å². The van der Waals surface area contributed by atoms with Gasteiger partial charge in [0, 0.05) is 32.7 Å². The molecule has 2 N–H and O–H groups in total. The number of nitrogens with one attached hydrogen (secondary N) is 2. The standard InChI is InChI=1S/C16H20N4O5S/c1-11(21)17-12-3-5-13(6-4-12)26(24,25)20-9-7-16(8-10-20)14(22)19(2)15(23)18-16/h3-6H,7-10H2,1-2H3,(H,17,21)(H,18,23). The fourth-order valence-electron chi connectivity index (χ4n) is 3.26. The lowest BCUT2D eigenvalue weighted by Gasteiger charge is -2.36. The Balaban J connectivity index is 1.73. The molecule has 2 aliphatic rings. The predicted octanol–water partition coefficient (Wildman–Crippen LogP) is 0.350. The van der Waals surface area contributed by atoms with Gasteiger partial charge in [-0.1, -0.05) is 0 Å². The van der Waals surface area contributed by atoms with Crippen LogP contribution in [0.1, 0.15) is 19.8 Å². The van der Waals surface area contributed by atoms with Crippen molar-refractivity contribution in [1.29, 1.82) is 0 Å². The molecule has 3 rings (SSSR count). The van der Waals surface area contributed by atoms with Crippen LogP contribution >= 0.6 is 0 Å². The maximum atomic E-state index is 12.8. The molecule has 0 atom stereocenters. The Bertz CT molecular complexity index is 857. The summed E-state index contributed by atoms with van der Waals surface area (Å²) in [7, 11) is -2.31. The number of amides is 4. The topological polar surface area (TPSA) is 116 Å². The second-order valence-corrected chi connectivity index (χ2v) is 8.42. The van der Waals surface area contributed by atoms with Crippen molar-refractivity contribution in [2.75, 3.05) is 25.5 Å². The number of rotatable bonds is 3. The normalized spacial score (nSPS) is 20.3. The van der Waals surface area contributed by atoms with E-state index >= 15 is 0 Å². The van der Waals surface area contributed by atoms with Crippen LogP contribution in [0.3, 0.4) is 0 Å². The van der Waals surface area contributed by atoms with Crippen molar-refractivity contribution in [3.8, 4) is 0 Å². The number of carbonyl (C=O) groups is 3. The molecule has 2 aliphatic heterocycles. The summed E-state index contributed by atoms with van der Waals surface area (Å²) < 4.78 is 26.9. The van der Waals surface area contributed by atoms with Gasteiger partial charge in [-0.3, -0.25) is 14.5 Å². The first-order valence-electron chi connectivity index (χ1n) is 8.14. The summed E-state index contributed by atoms with van der Waals surface area (Å²) in [6.07, 6.45) is 0.455. The number of benzene rings is 1. The highest BCUT2D eigenvalue weighted by Gasteiger charge is 2.52. The van der Waals surface area contributed by atoms with Crippen LogP contribution in [-0.4, -0.2) is 61.1 Å². The molecule has 1 aromatic rings. The number of sulfonamides is 1. The first-order valence-corrected chi connectivity index (χ1v) is 9.58. The zero-order valence-corrected chi connectivity index (χ0v) is 15.3. The summed E-state index contributed by atoms with van der Waals surface area (Å²) in [5, 5.41) is 5.26. The Morgan fingerprint density at radius 2 is 1.73 bits per heavy atom. The molecule has 0 aliphatic carbocycles. The second kappa shape index (κ2) is 6.36. The van der Waals surface area contributed by atoms with Crippen molar-refractivity contribution in [2.24, 2.45) is 0 Å². The van der Waals surface area contributed by atoms with E-state index in [0.29, 0.717) is 5.69 Å². The number of hydrogen-bond donors (Lipinski definition) is 2. The first-order chi connectivity index (χ1) is 12.2. The third-order valence-corrected chi connectivity index (χ3v) is 6.67. The molecule has 0 unspecified atom stereocenters. The maximum absolute atomic E-state index is 12.8. The van der Waals surface area contributed by atoms with Gasteiger partial charge in [0.1, 0.15) is 5.54 Å². The zero-order valence-electron chi connectivity index (χ0n) is 14.5. The van der Waals surface area contributed by atoms with E-state index < -0.39 is 21.6 Å². The molecule has 4 amide bonds. The average molecular weight is 380 g/mol. The molecule has 2 saturated heterocycles. The van der Waals surface area contributed by atoms with Crippen LogP contribution in [0.25, 0.3) is 0 Å². The van der Waals surface area contributed by atoms with E-state index in [1.165, 1.54) is 42.5 Å². The Labute approximate surface area is 151 Å². The summed E-state index contributed by atoms with van der Waals surface area (Å²) in [5.41, 5.74) is -0.496. The largest absolute Gasteiger partial charge is 0.326 e. The summed E-state index contributed by atoms with van der Waals surface area (Å²) in [6, 6.07) is 5.45. The van der Waals surface area contributed by atoms with Crippen LogP contribution in [0.5, 0.6) is 0 Å². The Morgan fingerprint density at radius 3 is 2.19 bits per heavy atom. The highest BCUT2D eigenvalue weighted by Crippen LogP contribution is 2.31. The van der Waals surface area contributed by atoms with Crippen molar-refractivity contribution in [2.45, 2.75) is 30.2 Å². The van der Waals surface area contributed by atoms with E-state index in [-0.39, 0.29) is 42.6 Å². The maximum Gasteiger partial charge on any atom is 0.324 e. The number of likely N-dealkylation sites (N-methyl/N-ethyl adjacent to an activating group) is 1. The molecular weight excluding hydrogens is 360 g/mol. The quantitative estimate of drug-likeness (QED) is 0.734. The lowest BCUT2D eigenvalue weighted by molar-refractivity contribution is -0.131. The number of hydrogen-bond acceptors (Lipinski definition) is 5. The Morgan fingerprint density at radius 1 is 1.15 bits per heavy atom. The molecule has 0 bridgehead atoms. The van der Waals surface area contributed by atoms with Gasteiger partial charge in [0.25, 0.3) is 5.91 Å². The third kappa shape index (κ3) is 3.06. The number of nitrogens with zero attached hydrogens (tertiary/aromatic N) is 2. The molecule has 26 heavy (non-hydrogen) atoms. The molecule has 140 valence electrons. The minimum Gasteiger partial charge on any atom is -0.326 e. The minimum atomic E-state index is -3.71. The van der Waals surface area contributed by atoms with E-state index in [1.54, 1.807) is 0 Å². The number of piperidine rings is 1. The molecule has 0 aromatic heterocycles. The summed E-state index contributed by atoms with van der Waals surface area (Å²) >= 11 is 0. The minimum absolute atomic E-state index is 0.112. The van der Waals surface area contributed by atoms with Gasteiger partial charge < -0.3 is 10.6 Å². The number of imide groups is 1. The van der Waals surface area contributed by atoms with E-state index in [0.717, 1.165) is 4.90 Å². The highest BCUT2D eigenvalue weighted by atomic mass is 32.2. The number of urea groups is 1. The molecule has 9 nitrogen and oxygen atoms in total. The van der Waals surface area contributed by atoms with Gasteiger partial charge >= 0.3 is 6.03 Å². The van der Waals surface area contributed by atoms with Crippen LogP contribution in [-0.2, 0) is 19.6 Å². The second-order valence-electron chi connectivity index (χ2n) is 6.49. The van der Waals surface area contributed by atoms with Gasteiger partial charge in [0.05, 0.1) is 4.90 Å². The Kier molecular flexibility index (Phi) is 4.49. The van der Waals surface area contributed by atoms with Crippen molar-refractivity contribution in [1.82, 2.24) is 14.5 Å². The predicted molar refractivity (Wildman–Crippen MR) is 92.8 cm³/mol. The SMILES string of the molecule is CC(=O)Nc1ccc(S(=O)(=O)N2CCC3(CC2)NC(=O)N(C)C3=O)cc1. The average Bonchev–Trinajstić information content (AvgIpc) is 2.79. The van der Waals surface area contributed by atoms with Crippen molar-refractivity contribution in [3.63, 3.8) is 0 Å². The van der Waals surface area contributed by atoms with Crippen molar-refractivity contribution >= 4 is 33.6 Å². The van der Waals surface area contributed by atoms with Crippen LogP contribution < -0.4 is 10.6 Å². The molecule has 10 heteroatoms. The lowest BCUT2D eigenvalue weighted by atomic mass is 9.88. The zero-order chi connectivity index (χ0) is 19.1. The molecule has 0 saturated carbocycles. The molecule has 2 heterocycles. The monoisotopic (exact) mass is 380 g/mol. The van der Waals surface area contributed by atoms with Crippen molar-refractivity contribution in [3.05, 3.63) is 24.3 Å². The van der Waals surface area contributed by atoms with Crippen molar-refractivity contribution < 1.29 is 22.8 Å². The van der Waals surface area contributed by atoms with E-state index in [4.69, 9.17) is 0 Å². The van der Waals surface area contributed by atoms with Gasteiger partial charge in [0.15, 0.2) is 0 Å². The van der Waals surface area contributed by atoms with Crippen LogP contribution in [0.2, 0.25) is 0 Å². The molecule has 0 radical (unpaired) electrons. The van der Waals surface area contributed by atoms with Crippen LogP contribution in [0.4, 0.5) is 10.5 Å². The smallest absolute Gasteiger partial charge is 0.324 e. The molecule has 1 aromatic carbocycles. The first kappa shape index (κ1) is 18.3. The molecular formula is C16H20N4O5S. The molecule has 2 fully saturated rings. The Hall–Kier alpha value is -2.46. The van der Waals surface area contributed by atoms with Gasteiger partial charge in [-0.2, -0.15) is 4.31 Å². The highest BCUT2D eigenvalue weighted by molar-refractivity contribution is 7.89. The fourth-order valence-corrected chi connectivity index (χ4v) is 4.71. The lowest BCUT2D eigenvalue weighted by Crippen LogP contribution is -2.55. The summed E-state index contributed by atoms with van der Waals surface area (Å²) in [5.74, 6) is -0.561. The summed E-state index contributed by atoms with van der Waals surface area (Å²) in [4.78, 5) is 36.2. The third-order valence-electron chi connectivity index (χ3n) is 4.75. The van der Waals surface area contributed by atoms with Gasteiger partial charge in [-0.05, 0) is 37.1 Å². The number of carbonyl (C=O) groups excluding carboxylic acids is 3. The van der Waals surface area contributed by atoms with E-state index in [2.05, 4.69) is 10.6 Å². The number of anilines is 1. The van der Waals surface area contributed by atoms with Gasteiger partial charge in [-0.25, -0.2) is 13.2 Å². The fraction of sp³-hybridized carbons (Fsp3) is 0.438.